The molecule has 0 saturated carbocycles. The number of benzene rings is 1. The van der Waals surface area contributed by atoms with Gasteiger partial charge in [0.05, 0.1) is 0 Å². The number of likely N-dealkylation sites (N-methyl/N-ethyl adjacent to an activating group) is 1. The van der Waals surface area contributed by atoms with Gasteiger partial charge in [-0.1, -0.05) is 43.7 Å². The Bertz CT molecular complexity index is 504. The van der Waals surface area contributed by atoms with E-state index in [1.54, 1.807) is 0 Å². The zero-order valence-corrected chi connectivity index (χ0v) is 11.8. The molecular formula is C17H22N2+. The zero-order chi connectivity index (χ0) is 13.2. The first kappa shape index (κ1) is 12.5. The molecule has 1 aromatic carbocycles. The number of fused-ring (bicyclic) bond motifs is 2. The monoisotopic (exact) mass is 254 g/mol. The molecule has 1 aromatic rings. The van der Waals surface area contributed by atoms with Gasteiger partial charge in [0.25, 0.3) is 0 Å². The highest BCUT2D eigenvalue weighted by Gasteiger charge is 2.42. The summed E-state index contributed by atoms with van der Waals surface area (Å²) in [6, 6.07) is 9.69. The second-order valence-corrected chi connectivity index (χ2v) is 5.40. The summed E-state index contributed by atoms with van der Waals surface area (Å²) in [4.78, 5) is 4.98. The minimum atomic E-state index is 0.455. The standard InChI is InChI=1S/C17H22N2/c1-3-4-13-19-16-11-7-5-9-14(16)18(2)15-10-6-8-12-17(15)19/h5-12,14,16H,3-4,13H2,1-2H3/q+1. The fourth-order valence-corrected chi connectivity index (χ4v) is 3.15. The van der Waals surface area contributed by atoms with E-state index < -0.39 is 0 Å². The third-order valence-electron chi connectivity index (χ3n) is 4.21. The first-order valence-electron chi connectivity index (χ1n) is 7.26. The highest BCUT2D eigenvalue weighted by atomic mass is 15.3. The van der Waals surface area contributed by atoms with Crippen LogP contribution < -0.4 is 9.80 Å². The summed E-state index contributed by atoms with van der Waals surface area (Å²) in [6.07, 6.45) is 11.5. The van der Waals surface area contributed by atoms with Crippen molar-refractivity contribution in [2.75, 3.05) is 18.5 Å². The maximum absolute atomic E-state index is 2.57. The van der Waals surface area contributed by atoms with Crippen LogP contribution in [0.5, 0.6) is 0 Å². The molecule has 2 unspecified atom stereocenters. The molecule has 2 nitrogen and oxygen atoms in total. The number of anilines is 2. The van der Waals surface area contributed by atoms with E-state index in [9.17, 15) is 0 Å². The normalized spacial score (nSPS) is 25.3. The molecule has 1 heterocycles. The van der Waals surface area contributed by atoms with Gasteiger partial charge < -0.3 is 4.90 Å². The number of unbranched alkanes of at least 4 members (excludes halogenated alkanes) is 1. The van der Waals surface area contributed by atoms with Crippen molar-refractivity contribution in [3.8, 4) is 0 Å². The minimum Gasteiger partial charge on any atom is -0.354 e. The molecule has 19 heavy (non-hydrogen) atoms. The molecule has 1 aliphatic carbocycles. The highest BCUT2D eigenvalue weighted by Crippen LogP contribution is 2.38. The molecule has 0 N–H and O–H groups in total. The number of hydrogen-bond donors (Lipinski definition) is 0. The number of nitrogens with zero attached hydrogens (tertiary/aromatic N) is 2. The Morgan fingerprint density at radius 3 is 2.79 bits per heavy atom. The van der Waals surface area contributed by atoms with Gasteiger partial charge in [-0.2, -0.15) is 0 Å². The molecule has 2 atom stereocenters. The van der Waals surface area contributed by atoms with E-state index in [0.29, 0.717) is 12.1 Å². The lowest BCUT2D eigenvalue weighted by atomic mass is 9.94. The molecule has 99 valence electrons. The predicted octanol–water partition coefficient (Wildman–Crippen LogP) is 3.57. The van der Waals surface area contributed by atoms with Crippen LogP contribution in [0, 0.1) is 0 Å². The van der Waals surface area contributed by atoms with E-state index in [1.807, 2.05) is 0 Å². The Kier molecular flexibility index (Phi) is 3.43. The van der Waals surface area contributed by atoms with Crippen molar-refractivity contribution >= 4 is 11.4 Å². The summed E-state index contributed by atoms with van der Waals surface area (Å²) in [5.74, 6) is 0. The lowest BCUT2D eigenvalue weighted by Crippen LogP contribution is -2.54. The van der Waals surface area contributed by atoms with Crippen LogP contribution in [0.2, 0.25) is 0 Å². The minimum absolute atomic E-state index is 0.455. The van der Waals surface area contributed by atoms with Crippen LogP contribution >= 0.6 is 0 Å². The van der Waals surface area contributed by atoms with Crippen molar-refractivity contribution in [2.24, 2.45) is 0 Å². The molecule has 0 amide bonds. The largest absolute Gasteiger partial charge is 0.354 e. The maximum atomic E-state index is 2.57. The summed E-state index contributed by atoms with van der Waals surface area (Å²) >= 11 is 0. The van der Waals surface area contributed by atoms with Crippen molar-refractivity contribution in [2.45, 2.75) is 31.8 Å². The SMILES string of the molecule is CCCCN1c2ccccc2[N+](C)C2C=CC=CC21. The highest BCUT2D eigenvalue weighted by molar-refractivity contribution is 5.71. The summed E-state index contributed by atoms with van der Waals surface area (Å²) in [5.41, 5.74) is 2.72. The van der Waals surface area contributed by atoms with E-state index in [0.717, 1.165) is 6.54 Å². The Balaban J connectivity index is 2.02. The Labute approximate surface area is 116 Å². The fraction of sp³-hybridized carbons (Fsp3) is 0.412. The van der Waals surface area contributed by atoms with Gasteiger partial charge in [0.2, 0.25) is 5.69 Å². The quantitative estimate of drug-likeness (QED) is 0.749. The van der Waals surface area contributed by atoms with Gasteiger partial charge in [0, 0.05) is 12.6 Å². The third kappa shape index (κ3) is 2.10. The maximum Gasteiger partial charge on any atom is 0.204 e. The predicted molar refractivity (Wildman–Crippen MR) is 82.3 cm³/mol. The topological polar surface area (TPSA) is 9.14 Å². The van der Waals surface area contributed by atoms with Gasteiger partial charge in [0.15, 0.2) is 6.04 Å². The van der Waals surface area contributed by atoms with Crippen LogP contribution in [0.1, 0.15) is 19.8 Å². The first-order chi connectivity index (χ1) is 9.33. The second-order valence-electron chi connectivity index (χ2n) is 5.40. The van der Waals surface area contributed by atoms with Crippen LogP contribution in [-0.2, 0) is 0 Å². The number of hydrogen-bond acceptors (Lipinski definition) is 2. The number of allylic oxidation sites excluding steroid dienone is 2. The second kappa shape index (κ2) is 5.22. The molecule has 0 saturated heterocycles. The van der Waals surface area contributed by atoms with Crippen molar-refractivity contribution in [1.29, 1.82) is 0 Å². The smallest absolute Gasteiger partial charge is 0.204 e. The number of para-hydroxylation sites is 2. The fourth-order valence-electron chi connectivity index (χ4n) is 3.15. The van der Waals surface area contributed by atoms with Gasteiger partial charge >= 0.3 is 0 Å². The summed E-state index contributed by atoms with van der Waals surface area (Å²) < 4.78 is 0. The third-order valence-corrected chi connectivity index (χ3v) is 4.21. The molecule has 1 radical (unpaired) electrons. The first-order valence-corrected chi connectivity index (χ1v) is 7.26. The zero-order valence-electron chi connectivity index (χ0n) is 11.8. The van der Waals surface area contributed by atoms with Crippen LogP contribution in [-0.4, -0.2) is 25.7 Å². The van der Waals surface area contributed by atoms with E-state index in [4.69, 9.17) is 0 Å². The van der Waals surface area contributed by atoms with Crippen LogP contribution in [0.3, 0.4) is 0 Å². The summed E-state index contributed by atoms with van der Waals surface area (Å²) in [6.45, 7) is 3.40. The van der Waals surface area contributed by atoms with E-state index in [-0.39, 0.29) is 0 Å². The van der Waals surface area contributed by atoms with E-state index in [2.05, 4.69) is 72.3 Å². The molecule has 0 fully saturated rings. The lowest BCUT2D eigenvalue weighted by molar-refractivity contribution is 0.436. The van der Waals surface area contributed by atoms with Crippen LogP contribution in [0.25, 0.3) is 0 Å². The van der Waals surface area contributed by atoms with Crippen LogP contribution in [0.15, 0.2) is 48.6 Å². The molecule has 0 bridgehead atoms. The van der Waals surface area contributed by atoms with Gasteiger partial charge in [-0.3, -0.25) is 0 Å². The average molecular weight is 254 g/mol. The van der Waals surface area contributed by atoms with Gasteiger partial charge in [-0.15, -0.1) is 4.90 Å². The molecular weight excluding hydrogens is 232 g/mol. The van der Waals surface area contributed by atoms with Crippen molar-refractivity contribution in [1.82, 2.24) is 4.90 Å². The summed E-state index contributed by atoms with van der Waals surface area (Å²) in [5, 5.41) is 0. The lowest BCUT2D eigenvalue weighted by Gasteiger charge is -2.41. The van der Waals surface area contributed by atoms with Crippen molar-refractivity contribution in [3.05, 3.63) is 48.6 Å². The van der Waals surface area contributed by atoms with E-state index in [1.165, 1.54) is 24.2 Å². The van der Waals surface area contributed by atoms with Crippen LogP contribution in [0.4, 0.5) is 11.4 Å². The van der Waals surface area contributed by atoms with Crippen molar-refractivity contribution < 1.29 is 0 Å². The average Bonchev–Trinajstić information content (AvgIpc) is 2.47. The van der Waals surface area contributed by atoms with Crippen molar-refractivity contribution in [3.63, 3.8) is 0 Å². The van der Waals surface area contributed by atoms with Gasteiger partial charge in [-0.05, 0) is 18.6 Å². The summed E-state index contributed by atoms with van der Waals surface area (Å²) in [7, 11) is 2.21. The Hall–Kier alpha value is -1.54. The molecule has 3 rings (SSSR count). The molecule has 2 heteroatoms. The van der Waals surface area contributed by atoms with Gasteiger partial charge in [0.1, 0.15) is 18.8 Å². The molecule has 2 aliphatic rings. The Morgan fingerprint density at radius 2 is 1.95 bits per heavy atom. The van der Waals surface area contributed by atoms with Gasteiger partial charge in [-0.25, -0.2) is 0 Å². The molecule has 0 aromatic heterocycles. The van der Waals surface area contributed by atoms with E-state index >= 15 is 0 Å². The Morgan fingerprint density at radius 1 is 1.16 bits per heavy atom. The number of rotatable bonds is 3. The molecule has 1 aliphatic heterocycles. The molecule has 0 spiro atoms.